The number of hydrogen-bond acceptors (Lipinski definition) is 4. The molecule has 0 fully saturated rings. The lowest BCUT2D eigenvalue weighted by molar-refractivity contribution is 0.322. The maximum atomic E-state index is 8.54. The van der Waals surface area contributed by atoms with Crippen LogP contribution in [0.25, 0.3) is 0 Å². The van der Waals surface area contributed by atoms with Crippen molar-refractivity contribution < 1.29 is 9.47 Å². The Morgan fingerprint density at radius 2 is 2.06 bits per heavy atom. The fourth-order valence-electron chi connectivity index (χ4n) is 1.62. The Hall–Kier alpha value is -1.73. The van der Waals surface area contributed by atoms with E-state index in [1.165, 1.54) is 0 Å². The van der Waals surface area contributed by atoms with Gasteiger partial charge >= 0.3 is 0 Å². The van der Waals surface area contributed by atoms with Gasteiger partial charge in [0.15, 0.2) is 0 Å². The van der Waals surface area contributed by atoms with Crippen molar-refractivity contribution in [2.24, 2.45) is 0 Å². The molecule has 0 aliphatic carbocycles. The summed E-state index contributed by atoms with van der Waals surface area (Å²) in [4.78, 5) is 2.08. The summed E-state index contributed by atoms with van der Waals surface area (Å²) in [6.45, 7) is 1.49. The average Bonchev–Trinajstić information content (AvgIpc) is 2.36. The molecule has 0 aliphatic rings. The fraction of sp³-hybridized carbons (Fsp3) is 0.462. The number of hydrogen-bond donors (Lipinski definition) is 0. The molecule has 0 saturated carbocycles. The van der Waals surface area contributed by atoms with E-state index in [-0.39, 0.29) is 0 Å². The van der Waals surface area contributed by atoms with Gasteiger partial charge in [-0.1, -0.05) is 0 Å². The molecule has 0 aliphatic heterocycles. The number of nitrogens with zero attached hydrogens (tertiary/aromatic N) is 2. The van der Waals surface area contributed by atoms with Crippen LogP contribution in [0, 0.1) is 11.3 Å². The van der Waals surface area contributed by atoms with Crippen LogP contribution in [0.2, 0.25) is 0 Å². The molecule has 0 aromatic heterocycles. The second-order valence-electron chi connectivity index (χ2n) is 3.82. The molecule has 4 nitrogen and oxygen atoms in total. The zero-order chi connectivity index (χ0) is 12.7. The van der Waals surface area contributed by atoms with E-state index in [1.54, 1.807) is 14.2 Å². The van der Waals surface area contributed by atoms with Crippen molar-refractivity contribution in [2.45, 2.75) is 13.0 Å². The number of rotatable bonds is 6. The first-order valence-corrected chi connectivity index (χ1v) is 5.47. The van der Waals surface area contributed by atoms with Crippen LogP contribution in [0.4, 0.5) is 0 Å². The highest BCUT2D eigenvalue weighted by atomic mass is 16.5. The lowest BCUT2D eigenvalue weighted by Crippen LogP contribution is -2.19. The molecule has 0 atom stereocenters. The molecule has 1 aromatic carbocycles. The number of benzene rings is 1. The summed E-state index contributed by atoms with van der Waals surface area (Å²) >= 11 is 0. The highest BCUT2D eigenvalue weighted by molar-refractivity contribution is 5.40. The van der Waals surface area contributed by atoms with Crippen molar-refractivity contribution in [1.82, 2.24) is 4.90 Å². The number of methoxy groups -OCH3 is 2. The minimum atomic E-state index is 0.531. The van der Waals surface area contributed by atoms with E-state index in [4.69, 9.17) is 14.7 Å². The highest BCUT2D eigenvalue weighted by Crippen LogP contribution is 2.24. The zero-order valence-corrected chi connectivity index (χ0v) is 10.6. The minimum Gasteiger partial charge on any atom is -0.497 e. The summed E-state index contributed by atoms with van der Waals surface area (Å²) in [5, 5.41) is 8.54. The average molecular weight is 234 g/mol. The minimum absolute atomic E-state index is 0.531. The third kappa shape index (κ3) is 3.97. The predicted octanol–water partition coefficient (Wildman–Crippen LogP) is 2.05. The van der Waals surface area contributed by atoms with E-state index in [1.807, 2.05) is 25.2 Å². The van der Waals surface area contributed by atoms with Crippen LogP contribution in [0.5, 0.6) is 11.5 Å². The van der Waals surface area contributed by atoms with Crippen LogP contribution in [0.15, 0.2) is 18.2 Å². The molecular formula is C13H18N2O2. The van der Waals surface area contributed by atoms with Gasteiger partial charge in [-0.15, -0.1) is 0 Å². The fourth-order valence-corrected chi connectivity index (χ4v) is 1.62. The molecule has 1 rings (SSSR count). The molecule has 0 N–H and O–H groups in total. The van der Waals surface area contributed by atoms with Crippen molar-refractivity contribution in [2.75, 3.05) is 27.8 Å². The Balaban J connectivity index is 2.77. The molecule has 0 bridgehead atoms. The molecule has 1 aromatic rings. The van der Waals surface area contributed by atoms with E-state index >= 15 is 0 Å². The molecule has 17 heavy (non-hydrogen) atoms. The van der Waals surface area contributed by atoms with E-state index in [0.29, 0.717) is 6.42 Å². The van der Waals surface area contributed by atoms with Crippen LogP contribution in [-0.4, -0.2) is 32.7 Å². The Labute approximate surface area is 102 Å². The van der Waals surface area contributed by atoms with E-state index in [0.717, 1.165) is 30.2 Å². The molecule has 4 heteroatoms. The molecule has 0 saturated heterocycles. The monoisotopic (exact) mass is 234 g/mol. The lowest BCUT2D eigenvalue weighted by atomic mass is 10.1. The van der Waals surface area contributed by atoms with Crippen LogP contribution in [0.1, 0.15) is 12.0 Å². The molecule has 0 unspecified atom stereocenters. The van der Waals surface area contributed by atoms with Crippen molar-refractivity contribution >= 4 is 0 Å². The van der Waals surface area contributed by atoms with Crippen molar-refractivity contribution in [3.8, 4) is 17.6 Å². The maximum Gasteiger partial charge on any atom is 0.123 e. The van der Waals surface area contributed by atoms with Crippen LogP contribution in [-0.2, 0) is 6.54 Å². The highest BCUT2D eigenvalue weighted by Gasteiger charge is 2.07. The van der Waals surface area contributed by atoms with Gasteiger partial charge in [0.25, 0.3) is 0 Å². The standard InChI is InChI=1S/C13H18N2O2/c1-15(8-4-7-14)10-11-9-12(16-2)5-6-13(11)17-3/h5-6,9H,4,8,10H2,1-3H3. The Bertz CT molecular complexity index is 399. The first-order valence-electron chi connectivity index (χ1n) is 5.47. The number of ether oxygens (including phenoxy) is 2. The summed E-state index contributed by atoms with van der Waals surface area (Å²) in [6.07, 6.45) is 0.531. The normalized spacial score (nSPS) is 10.1. The van der Waals surface area contributed by atoms with Gasteiger partial charge in [-0.25, -0.2) is 0 Å². The maximum absolute atomic E-state index is 8.54. The van der Waals surface area contributed by atoms with Gasteiger partial charge in [-0.3, -0.25) is 0 Å². The van der Waals surface area contributed by atoms with Crippen LogP contribution < -0.4 is 9.47 Å². The van der Waals surface area contributed by atoms with Crippen LogP contribution in [0.3, 0.4) is 0 Å². The SMILES string of the molecule is COc1ccc(OC)c(CN(C)CCC#N)c1. The van der Waals surface area contributed by atoms with Gasteiger partial charge in [0.2, 0.25) is 0 Å². The zero-order valence-electron chi connectivity index (χ0n) is 10.6. The van der Waals surface area contributed by atoms with Crippen molar-refractivity contribution in [3.05, 3.63) is 23.8 Å². The van der Waals surface area contributed by atoms with Gasteiger partial charge < -0.3 is 14.4 Å². The molecule has 0 spiro atoms. The third-order valence-electron chi connectivity index (χ3n) is 2.53. The van der Waals surface area contributed by atoms with Gasteiger partial charge in [0.05, 0.1) is 20.3 Å². The first-order chi connectivity index (χ1) is 8.21. The van der Waals surface area contributed by atoms with Crippen molar-refractivity contribution in [1.29, 1.82) is 5.26 Å². The Kier molecular flexibility index (Phi) is 5.31. The van der Waals surface area contributed by atoms with Crippen molar-refractivity contribution in [3.63, 3.8) is 0 Å². The second-order valence-corrected chi connectivity index (χ2v) is 3.82. The summed E-state index contributed by atoms with van der Waals surface area (Å²) in [5.41, 5.74) is 1.06. The van der Waals surface area contributed by atoms with Gasteiger partial charge in [0.1, 0.15) is 11.5 Å². The molecule has 0 heterocycles. The quantitative estimate of drug-likeness (QED) is 0.755. The number of nitriles is 1. The second kappa shape index (κ2) is 6.77. The summed E-state index contributed by atoms with van der Waals surface area (Å²) in [7, 11) is 5.28. The first kappa shape index (κ1) is 13.3. The summed E-state index contributed by atoms with van der Waals surface area (Å²) < 4.78 is 10.5. The Morgan fingerprint density at radius 1 is 1.29 bits per heavy atom. The smallest absolute Gasteiger partial charge is 0.123 e. The predicted molar refractivity (Wildman–Crippen MR) is 66.1 cm³/mol. The summed E-state index contributed by atoms with van der Waals surface area (Å²) in [5.74, 6) is 1.66. The Morgan fingerprint density at radius 3 is 2.65 bits per heavy atom. The van der Waals surface area contributed by atoms with E-state index in [2.05, 4.69) is 11.0 Å². The third-order valence-corrected chi connectivity index (χ3v) is 2.53. The van der Waals surface area contributed by atoms with E-state index in [9.17, 15) is 0 Å². The summed E-state index contributed by atoms with van der Waals surface area (Å²) in [6, 6.07) is 7.87. The molecule has 0 amide bonds. The van der Waals surface area contributed by atoms with Gasteiger partial charge in [0, 0.05) is 25.1 Å². The molecular weight excluding hydrogens is 216 g/mol. The van der Waals surface area contributed by atoms with Gasteiger partial charge in [-0.05, 0) is 25.2 Å². The molecule has 92 valence electrons. The molecule has 0 radical (unpaired) electrons. The topological polar surface area (TPSA) is 45.5 Å². The van der Waals surface area contributed by atoms with E-state index < -0.39 is 0 Å². The van der Waals surface area contributed by atoms with Crippen LogP contribution >= 0.6 is 0 Å². The lowest BCUT2D eigenvalue weighted by Gasteiger charge is -2.17. The van der Waals surface area contributed by atoms with Gasteiger partial charge in [-0.2, -0.15) is 5.26 Å². The largest absolute Gasteiger partial charge is 0.497 e.